The maximum atomic E-state index is 13.3. The maximum Gasteiger partial charge on any atom is 0.263 e. The first-order valence-corrected chi connectivity index (χ1v) is 9.71. The van der Waals surface area contributed by atoms with Gasteiger partial charge in [-0.1, -0.05) is 30.3 Å². The molecule has 4 nitrogen and oxygen atoms in total. The molecule has 2 heterocycles. The van der Waals surface area contributed by atoms with Crippen LogP contribution >= 0.6 is 11.3 Å². The number of ether oxygens (including phenoxy) is 2. The van der Waals surface area contributed by atoms with Crippen LogP contribution in [0.2, 0.25) is 0 Å². The van der Waals surface area contributed by atoms with E-state index < -0.39 is 0 Å². The highest BCUT2D eigenvalue weighted by molar-refractivity contribution is 7.22. The molecule has 5 rings (SSSR count). The number of nitrogens with zero attached hydrogens (tertiary/aromatic N) is 1. The first-order valence-electron chi connectivity index (χ1n) is 8.89. The van der Waals surface area contributed by atoms with Gasteiger partial charge in [0.05, 0.1) is 35.0 Å². The summed E-state index contributed by atoms with van der Waals surface area (Å²) in [7, 11) is 3.31. The van der Waals surface area contributed by atoms with Gasteiger partial charge in [0, 0.05) is 10.8 Å². The third kappa shape index (κ3) is 2.40. The van der Waals surface area contributed by atoms with Crippen molar-refractivity contribution < 1.29 is 9.47 Å². The van der Waals surface area contributed by atoms with Gasteiger partial charge in [0.1, 0.15) is 11.5 Å². The van der Waals surface area contributed by atoms with E-state index in [1.54, 1.807) is 25.6 Å². The molecule has 0 spiro atoms. The van der Waals surface area contributed by atoms with Crippen molar-refractivity contribution in [1.29, 1.82) is 0 Å². The summed E-state index contributed by atoms with van der Waals surface area (Å²) in [5.74, 6) is 1.55. The van der Waals surface area contributed by atoms with Crippen molar-refractivity contribution in [2.45, 2.75) is 0 Å². The van der Waals surface area contributed by atoms with E-state index in [2.05, 4.69) is 0 Å². The monoisotopic (exact) mass is 387 g/mol. The summed E-state index contributed by atoms with van der Waals surface area (Å²) in [4.78, 5) is 14.3. The second-order valence-electron chi connectivity index (χ2n) is 6.53. The molecular formula is C23H17NO3S. The van der Waals surface area contributed by atoms with Crippen LogP contribution in [0.25, 0.3) is 37.1 Å². The lowest BCUT2D eigenvalue weighted by Gasteiger charge is -2.15. The molecular weight excluding hydrogens is 370 g/mol. The van der Waals surface area contributed by atoms with E-state index in [4.69, 9.17) is 9.47 Å². The van der Waals surface area contributed by atoms with E-state index in [1.165, 1.54) is 0 Å². The van der Waals surface area contributed by atoms with Gasteiger partial charge >= 0.3 is 0 Å². The molecule has 0 aliphatic carbocycles. The third-order valence-electron chi connectivity index (χ3n) is 5.01. The SMILES string of the molecule is COc1cccc(-c2sc3cc(OC)ccc3n3c(=O)c4ccccc4c2-3)c1. The topological polar surface area (TPSA) is 40.5 Å². The fourth-order valence-electron chi connectivity index (χ4n) is 3.68. The molecule has 0 saturated heterocycles. The number of fused-ring (bicyclic) bond motifs is 5. The summed E-state index contributed by atoms with van der Waals surface area (Å²) >= 11 is 1.65. The van der Waals surface area contributed by atoms with Crippen LogP contribution in [0.3, 0.4) is 0 Å². The highest BCUT2D eigenvalue weighted by Gasteiger charge is 2.22. The number of hydrogen-bond donors (Lipinski definition) is 0. The molecule has 0 radical (unpaired) electrons. The van der Waals surface area contributed by atoms with Crippen LogP contribution in [-0.2, 0) is 0 Å². The van der Waals surface area contributed by atoms with Gasteiger partial charge in [-0.2, -0.15) is 0 Å². The van der Waals surface area contributed by atoms with Crippen LogP contribution in [0.5, 0.6) is 11.5 Å². The molecule has 5 heteroatoms. The summed E-state index contributed by atoms with van der Waals surface area (Å²) in [6.45, 7) is 0. The fraction of sp³-hybridized carbons (Fsp3) is 0.0870. The lowest BCUT2D eigenvalue weighted by molar-refractivity contribution is 0.415. The molecule has 0 unspecified atom stereocenters. The Morgan fingerprint density at radius 2 is 1.57 bits per heavy atom. The van der Waals surface area contributed by atoms with E-state index in [0.29, 0.717) is 0 Å². The molecule has 3 aromatic carbocycles. The average molecular weight is 387 g/mol. The smallest absolute Gasteiger partial charge is 0.263 e. The van der Waals surface area contributed by atoms with Crippen molar-refractivity contribution in [3.8, 4) is 27.6 Å². The van der Waals surface area contributed by atoms with Gasteiger partial charge in [-0.3, -0.25) is 9.36 Å². The maximum absolute atomic E-state index is 13.3. The van der Waals surface area contributed by atoms with E-state index in [9.17, 15) is 4.79 Å². The lowest BCUT2D eigenvalue weighted by Crippen LogP contribution is -2.13. The Morgan fingerprint density at radius 1 is 0.821 bits per heavy atom. The van der Waals surface area contributed by atoms with Gasteiger partial charge in [0.15, 0.2) is 0 Å². The van der Waals surface area contributed by atoms with Gasteiger partial charge in [0.2, 0.25) is 0 Å². The van der Waals surface area contributed by atoms with Crippen molar-refractivity contribution in [1.82, 2.24) is 4.57 Å². The molecule has 0 fully saturated rings. The molecule has 0 bridgehead atoms. The predicted octanol–water partition coefficient (Wildman–Crippen LogP) is 5.33. The molecule has 0 saturated carbocycles. The third-order valence-corrected chi connectivity index (χ3v) is 6.19. The van der Waals surface area contributed by atoms with Gasteiger partial charge in [-0.25, -0.2) is 0 Å². The van der Waals surface area contributed by atoms with Crippen LogP contribution in [-0.4, -0.2) is 18.8 Å². The lowest BCUT2D eigenvalue weighted by atomic mass is 10.1. The molecule has 0 amide bonds. The molecule has 0 atom stereocenters. The highest BCUT2D eigenvalue weighted by atomic mass is 32.1. The number of aromatic nitrogens is 1. The number of methoxy groups -OCH3 is 2. The summed E-state index contributed by atoms with van der Waals surface area (Å²) in [5, 5.41) is 1.68. The molecule has 28 heavy (non-hydrogen) atoms. The molecule has 0 N–H and O–H groups in total. The van der Waals surface area contributed by atoms with Gasteiger partial charge in [-0.05, 0) is 42.0 Å². The van der Waals surface area contributed by atoms with E-state index in [-0.39, 0.29) is 5.56 Å². The molecule has 2 aliphatic rings. The predicted molar refractivity (Wildman–Crippen MR) is 115 cm³/mol. The zero-order chi connectivity index (χ0) is 19.3. The van der Waals surface area contributed by atoms with Crippen molar-refractivity contribution in [2.75, 3.05) is 14.2 Å². The van der Waals surface area contributed by atoms with Crippen molar-refractivity contribution >= 4 is 32.3 Å². The Labute approximate surface area is 165 Å². The Hall–Kier alpha value is -3.31. The van der Waals surface area contributed by atoms with Gasteiger partial charge < -0.3 is 9.47 Å². The van der Waals surface area contributed by atoms with Crippen LogP contribution in [0, 0.1) is 0 Å². The minimum absolute atomic E-state index is 0.00212. The van der Waals surface area contributed by atoms with Gasteiger partial charge in [0.25, 0.3) is 5.56 Å². The summed E-state index contributed by atoms with van der Waals surface area (Å²) in [6, 6.07) is 21.5. The quantitative estimate of drug-likeness (QED) is 0.420. The van der Waals surface area contributed by atoms with Crippen LogP contribution < -0.4 is 15.0 Å². The Bertz CT molecular complexity index is 1370. The summed E-state index contributed by atoms with van der Waals surface area (Å²) in [5.41, 5.74) is 2.82. The largest absolute Gasteiger partial charge is 0.497 e. The van der Waals surface area contributed by atoms with Crippen molar-refractivity contribution in [2.24, 2.45) is 0 Å². The number of benzene rings is 3. The Balaban J connectivity index is 1.99. The Kier molecular flexibility index (Phi) is 3.84. The second-order valence-corrected chi connectivity index (χ2v) is 7.58. The molecule has 138 valence electrons. The van der Waals surface area contributed by atoms with E-state index in [0.717, 1.165) is 48.6 Å². The van der Waals surface area contributed by atoms with Gasteiger partial charge in [-0.15, -0.1) is 11.3 Å². The van der Waals surface area contributed by atoms with Crippen LogP contribution in [0.15, 0.2) is 71.5 Å². The zero-order valence-electron chi connectivity index (χ0n) is 15.4. The highest BCUT2D eigenvalue weighted by Crippen LogP contribution is 2.42. The average Bonchev–Trinajstić information content (AvgIpc) is 3.06. The minimum Gasteiger partial charge on any atom is -0.497 e. The Morgan fingerprint density at radius 3 is 2.36 bits per heavy atom. The normalized spacial score (nSPS) is 11.4. The van der Waals surface area contributed by atoms with Crippen LogP contribution in [0.4, 0.5) is 0 Å². The number of rotatable bonds is 3. The second kappa shape index (κ2) is 6.39. The summed E-state index contributed by atoms with van der Waals surface area (Å²) in [6.07, 6.45) is 0. The first kappa shape index (κ1) is 16.8. The van der Waals surface area contributed by atoms with E-state index in [1.807, 2.05) is 71.3 Å². The zero-order valence-corrected chi connectivity index (χ0v) is 16.2. The molecule has 3 aromatic rings. The van der Waals surface area contributed by atoms with E-state index >= 15 is 0 Å². The summed E-state index contributed by atoms with van der Waals surface area (Å²) < 4.78 is 13.6. The first-order chi connectivity index (χ1) is 13.7. The fourth-order valence-corrected chi connectivity index (χ4v) is 4.88. The van der Waals surface area contributed by atoms with Crippen molar-refractivity contribution in [3.05, 3.63) is 77.1 Å². The molecule has 2 aliphatic heterocycles. The van der Waals surface area contributed by atoms with Crippen LogP contribution in [0.1, 0.15) is 0 Å². The standard InChI is InChI=1S/C23H17NO3S/c1-26-15-7-5-6-14(12-15)22-21-17-8-3-4-9-18(17)23(25)24(21)19-11-10-16(27-2)13-20(19)28-22/h3-13H,1-2H3. The minimum atomic E-state index is -0.00212. The van der Waals surface area contributed by atoms with Crippen molar-refractivity contribution in [3.63, 3.8) is 0 Å². The molecule has 0 aromatic heterocycles. The number of hydrogen-bond acceptors (Lipinski definition) is 4.